The predicted molar refractivity (Wildman–Crippen MR) is 116 cm³/mol. The number of hydrogen-bond acceptors (Lipinski definition) is 3. The van der Waals surface area contributed by atoms with Gasteiger partial charge in [0.2, 0.25) is 0 Å². The molecule has 0 radical (unpaired) electrons. The molecule has 1 aliphatic heterocycles. The number of carbonyl (C=O) groups is 1. The van der Waals surface area contributed by atoms with Gasteiger partial charge < -0.3 is 10.2 Å². The number of hydrogen-bond donors (Lipinski definition) is 1. The molecule has 0 unspecified atom stereocenters. The highest BCUT2D eigenvalue weighted by Crippen LogP contribution is 2.23. The van der Waals surface area contributed by atoms with E-state index in [0.29, 0.717) is 41.9 Å². The summed E-state index contributed by atoms with van der Waals surface area (Å²) in [5.41, 5.74) is 3.69. The predicted octanol–water partition coefficient (Wildman–Crippen LogP) is 4.54. The lowest BCUT2D eigenvalue weighted by molar-refractivity contribution is 0.182. The second-order valence-corrected chi connectivity index (χ2v) is 8.00. The zero-order valence-corrected chi connectivity index (χ0v) is 17.2. The van der Waals surface area contributed by atoms with Crippen LogP contribution in [0.4, 0.5) is 10.5 Å². The molecule has 1 aliphatic rings. The van der Waals surface area contributed by atoms with Crippen LogP contribution in [0, 0.1) is 13.8 Å². The van der Waals surface area contributed by atoms with Gasteiger partial charge in [0, 0.05) is 29.8 Å². The van der Waals surface area contributed by atoms with Crippen LogP contribution in [0.3, 0.4) is 0 Å². The summed E-state index contributed by atoms with van der Waals surface area (Å²) in [5, 5.41) is 4.01. The molecular weight excluding hydrogens is 388 g/mol. The van der Waals surface area contributed by atoms with Gasteiger partial charge in [0.05, 0.1) is 17.2 Å². The Morgan fingerprint density at radius 2 is 1.86 bits per heavy atom. The van der Waals surface area contributed by atoms with Crippen LogP contribution in [-0.4, -0.2) is 33.6 Å². The van der Waals surface area contributed by atoms with E-state index in [4.69, 9.17) is 11.6 Å². The van der Waals surface area contributed by atoms with Crippen LogP contribution >= 0.6 is 11.6 Å². The Morgan fingerprint density at radius 1 is 1.10 bits per heavy atom. The van der Waals surface area contributed by atoms with E-state index in [1.165, 1.54) is 5.56 Å². The largest absolute Gasteiger partial charge is 0.324 e. The number of piperidine rings is 1. The van der Waals surface area contributed by atoms with Crippen LogP contribution in [0.5, 0.6) is 0 Å². The van der Waals surface area contributed by atoms with Gasteiger partial charge in [-0.25, -0.2) is 9.78 Å². The summed E-state index contributed by atoms with van der Waals surface area (Å²) < 4.78 is 1.68. The number of benzene rings is 2. The van der Waals surface area contributed by atoms with Gasteiger partial charge in [-0.15, -0.1) is 0 Å². The highest BCUT2D eigenvalue weighted by molar-refractivity contribution is 6.31. The number of likely N-dealkylation sites (tertiary alicyclic amines) is 1. The van der Waals surface area contributed by atoms with Crippen LogP contribution in [0.2, 0.25) is 5.02 Å². The van der Waals surface area contributed by atoms with Crippen molar-refractivity contribution in [2.24, 2.45) is 0 Å². The number of urea groups is 1. The molecule has 3 aromatic rings. The molecule has 0 saturated carbocycles. The molecule has 4 rings (SSSR count). The highest BCUT2D eigenvalue weighted by Gasteiger charge is 2.25. The third-order valence-electron chi connectivity index (χ3n) is 5.65. The average Bonchev–Trinajstić information content (AvgIpc) is 2.72. The molecule has 1 aromatic heterocycles. The number of nitrogens with one attached hydrogen (secondary N) is 1. The first-order chi connectivity index (χ1) is 13.9. The maximum atomic E-state index is 12.9. The zero-order chi connectivity index (χ0) is 20.5. The number of rotatable bonds is 2. The third-order valence-corrected chi connectivity index (χ3v) is 5.88. The molecule has 0 bridgehead atoms. The summed E-state index contributed by atoms with van der Waals surface area (Å²) in [5.74, 6) is 0. The second kappa shape index (κ2) is 7.87. The van der Waals surface area contributed by atoms with E-state index in [1.54, 1.807) is 34.0 Å². The van der Waals surface area contributed by atoms with Gasteiger partial charge in [0.1, 0.15) is 0 Å². The van der Waals surface area contributed by atoms with Crippen molar-refractivity contribution < 1.29 is 4.79 Å². The van der Waals surface area contributed by atoms with Crippen molar-refractivity contribution in [1.82, 2.24) is 14.5 Å². The van der Waals surface area contributed by atoms with Gasteiger partial charge >= 0.3 is 6.03 Å². The monoisotopic (exact) mass is 410 g/mol. The lowest BCUT2D eigenvalue weighted by atomic mass is 10.0. The smallest absolute Gasteiger partial charge is 0.321 e. The maximum Gasteiger partial charge on any atom is 0.321 e. The first kappa shape index (κ1) is 19.5. The molecule has 1 fully saturated rings. The number of anilines is 1. The fraction of sp³-hybridized carbons (Fsp3) is 0.318. The van der Waals surface area contributed by atoms with E-state index < -0.39 is 0 Å². The molecule has 0 aliphatic carbocycles. The first-order valence-corrected chi connectivity index (χ1v) is 10.1. The Bertz CT molecular complexity index is 1130. The van der Waals surface area contributed by atoms with Gasteiger partial charge in [-0.05, 0) is 68.1 Å². The molecule has 150 valence electrons. The SMILES string of the molecule is Cc1ccc(NC(=O)N2CCC(n3cnc4ccc(Cl)cc4c3=O)CC2)cc1C. The number of aryl methyl sites for hydroxylation is 2. The van der Waals surface area contributed by atoms with E-state index in [2.05, 4.69) is 10.3 Å². The number of nitrogens with zero attached hydrogens (tertiary/aromatic N) is 3. The number of carbonyl (C=O) groups excluding carboxylic acids is 1. The molecule has 2 aromatic carbocycles. The molecule has 0 atom stereocenters. The summed E-state index contributed by atoms with van der Waals surface area (Å²) in [6.07, 6.45) is 3.01. The standard InChI is InChI=1S/C22H23ClN4O2/c1-14-3-5-17(11-15(14)2)25-22(29)26-9-7-18(8-10-26)27-13-24-20-6-4-16(23)12-19(20)21(27)28/h3-6,11-13,18H,7-10H2,1-2H3,(H,25,29). The van der Waals surface area contributed by atoms with E-state index in [1.807, 2.05) is 32.0 Å². The Labute approximate surface area is 174 Å². The molecule has 2 amide bonds. The van der Waals surface area contributed by atoms with Crippen molar-refractivity contribution in [2.75, 3.05) is 18.4 Å². The van der Waals surface area contributed by atoms with Crippen molar-refractivity contribution in [1.29, 1.82) is 0 Å². The maximum absolute atomic E-state index is 12.9. The minimum Gasteiger partial charge on any atom is -0.324 e. The summed E-state index contributed by atoms with van der Waals surface area (Å²) >= 11 is 6.04. The molecule has 0 spiro atoms. The zero-order valence-electron chi connectivity index (χ0n) is 16.5. The van der Waals surface area contributed by atoms with Crippen LogP contribution in [0.1, 0.15) is 30.0 Å². The minimum atomic E-state index is -0.109. The van der Waals surface area contributed by atoms with Gasteiger partial charge in [0.15, 0.2) is 0 Å². The van der Waals surface area contributed by atoms with E-state index in [9.17, 15) is 9.59 Å². The summed E-state index contributed by atoms with van der Waals surface area (Å²) in [6, 6.07) is 10.9. The molecule has 7 heteroatoms. The fourth-order valence-corrected chi connectivity index (χ4v) is 3.91. The van der Waals surface area contributed by atoms with E-state index >= 15 is 0 Å². The lowest BCUT2D eigenvalue weighted by Gasteiger charge is -2.32. The van der Waals surface area contributed by atoms with Crippen LogP contribution in [-0.2, 0) is 0 Å². The van der Waals surface area contributed by atoms with E-state index in [0.717, 1.165) is 11.3 Å². The molecule has 2 heterocycles. The summed E-state index contributed by atoms with van der Waals surface area (Å²) in [4.78, 5) is 31.7. The topological polar surface area (TPSA) is 67.2 Å². The molecular formula is C22H23ClN4O2. The highest BCUT2D eigenvalue weighted by atomic mass is 35.5. The molecule has 1 saturated heterocycles. The first-order valence-electron chi connectivity index (χ1n) is 9.72. The van der Waals surface area contributed by atoms with Crippen molar-refractivity contribution >= 4 is 34.2 Å². The van der Waals surface area contributed by atoms with Gasteiger partial charge in [-0.3, -0.25) is 9.36 Å². The summed E-state index contributed by atoms with van der Waals surface area (Å²) in [7, 11) is 0. The van der Waals surface area contributed by atoms with Crippen molar-refractivity contribution in [2.45, 2.75) is 32.7 Å². The van der Waals surface area contributed by atoms with Gasteiger partial charge in [0.25, 0.3) is 5.56 Å². The Kier molecular flexibility index (Phi) is 5.28. The molecule has 29 heavy (non-hydrogen) atoms. The van der Waals surface area contributed by atoms with Crippen LogP contribution in [0.15, 0.2) is 47.5 Å². The van der Waals surface area contributed by atoms with Crippen molar-refractivity contribution in [3.63, 3.8) is 0 Å². The second-order valence-electron chi connectivity index (χ2n) is 7.57. The van der Waals surface area contributed by atoms with Crippen molar-refractivity contribution in [3.05, 3.63) is 69.2 Å². The fourth-order valence-electron chi connectivity index (χ4n) is 3.74. The Balaban J connectivity index is 1.44. The van der Waals surface area contributed by atoms with Gasteiger partial charge in [-0.1, -0.05) is 17.7 Å². The van der Waals surface area contributed by atoms with E-state index in [-0.39, 0.29) is 17.6 Å². The number of aromatic nitrogens is 2. The quantitative estimate of drug-likeness (QED) is 0.674. The number of fused-ring (bicyclic) bond motifs is 1. The molecule has 1 N–H and O–H groups in total. The lowest BCUT2D eigenvalue weighted by Crippen LogP contribution is -2.42. The van der Waals surface area contributed by atoms with Crippen molar-refractivity contribution in [3.8, 4) is 0 Å². The molecule has 6 nitrogen and oxygen atoms in total. The normalized spacial score (nSPS) is 14.9. The van der Waals surface area contributed by atoms with Crippen LogP contribution in [0.25, 0.3) is 10.9 Å². The van der Waals surface area contributed by atoms with Crippen LogP contribution < -0.4 is 10.9 Å². The minimum absolute atomic E-state index is 0.0176. The summed E-state index contributed by atoms with van der Waals surface area (Å²) in [6.45, 7) is 5.24. The number of amides is 2. The average molecular weight is 411 g/mol. The number of halogens is 1. The van der Waals surface area contributed by atoms with Gasteiger partial charge in [-0.2, -0.15) is 0 Å². The Morgan fingerprint density at radius 3 is 2.59 bits per heavy atom. The third kappa shape index (κ3) is 3.98. The Hall–Kier alpha value is -2.86.